The minimum absolute atomic E-state index is 1.17. The zero-order chi connectivity index (χ0) is 12.3. The SMILES string of the molecule is C[Si](C)(C)c1occc1C=Cc1ccccc1. The highest BCUT2D eigenvalue weighted by molar-refractivity contribution is 6.88. The van der Waals surface area contributed by atoms with Crippen molar-refractivity contribution < 1.29 is 4.42 Å². The van der Waals surface area contributed by atoms with E-state index in [0.717, 1.165) is 0 Å². The monoisotopic (exact) mass is 242 g/mol. The first kappa shape index (κ1) is 11.9. The highest BCUT2D eigenvalue weighted by atomic mass is 28.3. The fourth-order valence-electron chi connectivity index (χ4n) is 1.81. The van der Waals surface area contributed by atoms with Gasteiger partial charge in [-0.25, -0.2) is 0 Å². The van der Waals surface area contributed by atoms with Crippen molar-refractivity contribution in [1.29, 1.82) is 0 Å². The average molecular weight is 242 g/mol. The summed E-state index contributed by atoms with van der Waals surface area (Å²) in [4.78, 5) is 0. The molecule has 88 valence electrons. The molecule has 1 nitrogen and oxygen atoms in total. The molecule has 0 bridgehead atoms. The Bertz CT molecular complexity index is 503. The van der Waals surface area contributed by atoms with Gasteiger partial charge in [-0.05, 0) is 11.6 Å². The summed E-state index contributed by atoms with van der Waals surface area (Å²) in [5.74, 6) is 0. The molecule has 0 spiro atoms. The second-order valence-electron chi connectivity index (χ2n) is 5.20. The van der Waals surface area contributed by atoms with Crippen molar-refractivity contribution in [2.75, 3.05) is 0 Å². The predicted octanol–water partition coefficient (Wildman–Crippen LogP) is 4.00. The Morgan fingerprint density at radius 3 is 2.29 bits per heavy atom. The molecular weight excluding hydrogens is 224 g/mol. The summed E-state index contributed by atoms with van der Waals surface area (Å²) in [6, 6.07) is 12.4. The molecule has 2 rings (SSSR count). The minimum Gasteiger partial charge on any atom is -0.474 e. The second kappa shape index (κ2) is 4.76. The Morgan fingerprint density at radius 1 is 0.941 bits per heavy atom. The number of benzene rings is 1. The van der Waals surface area contributed by atoms with Crippen LogP contribution in [0.1, 0.15) is 11.1 Å². The first-order chi connectivity index (χ1) is 8.07. The van der Waals surface area contributed by atoms with E-state index in [2.05, 4.69) is 56.1 Å². The zero-order valence-corrected chi connectivity index (χ0v) is 11.6. The Balaban J connectivity index is 2.26. The molecule has 0 fully saturated rings. The topological polar surface area (TPSA) is 13.1 Å². The van der Waals surface area contributed by atoms with E-state index in [9.17, 15) is 0 Å². The van der Waals surface area contributed by atoms with Crippen LogP contribution in [-0.4, -0.2) is 8.07 Å². The summed E-state index contributed by atoms with van der Waals surface area (Å²) >= 11 is 0. The molecule has 0 saturated heterocycles. The van der Waals surface area contributed by atoms with Gasteiger partial charge in [-0.2, -0.15) is 0 Å². The van der Waals surface area contributed by atoms with Crippen LogP contribution in [0.25, 0.3) is 12.2 Å². The van der Waals surface area contributed by atoms with Gasteiger partial charge >= 0.3 is 0 Å². The molecule has 17 heavy (non-hydrogen) atoms. The van der Waals surface area contributed by atoms with Crippen molar-refractivity contribution in [3.63, 3.8) is 0 Å². The Hall–Kier alpha value is -1.54. The van der Waals surface area contributed by atoms with Crippen LogP contribution in [0.3, 0.4) is 0 Å². The van der Waals surface area contributed by atoms with E-state index in [1.807, 2.05) is 12.1 Å². The Kier molecular flexibility index (Phi) is 3.34. The zero-order valence-electron chi connectivity index (χ0n) is 10.6. The standard InChI is InChI=1S/C15H18OSi/c1-17(2,3)15-14(11-12-16-15)10-9-13-7-5-4-6-8-13/h4-12H,1-3H3. The van der Waals surface area contributed by atoms with Gasteiger partial charge in [0.15, 0.2) is 0 Å². The summed E-state index contributed by atoms with van der Waals surface area (Å²) in [6.07, 6.45) is 6.07. The van der Waals surface area contributed by atoms with Crippen molar-refractivity contribution in [2.24, 2.45) is 0 Å². The molecule has 1 heterocycles. The van der Waals surface area contributed by atoms with Crippen molar-refractivity contribution in [1.82, 2.24) is 0 Å². The summed E-state index contributed by atoms with van der Waals surface area (Å²) < 4.78 is 5.63. The minimum atomic E-state index is -1.38. The molecule has 2 aromatic rings. The quantitative estimate of drug-likeness (QED) is 0.742. The first-order valence-electron chi connectivity index (χ1n) is 5.88. The van der Waals surface area contributed by atoms with Gasteiger partial charge < -0.3 is 4.42 Å². The summed E-state index contributed by atoms with van der Waals surface area (Å²) in [5, 5.41) is 1.17. The molecular formula is C15H18OSi. The molecule has 1 aromatic carbocycles. The van der Waals surface area contributed by atoms with Crippen LogP contribution < -0.4 is 5.38 Å². The third-order valence-electron chi connectivity index (χ3n) is 2.63. The molecule has 0 amide bonds. The van der Waals surface area contributed by atoms with E-state index in [1.165, 1.54) is 16.5 Å². The van der Waals surface area contributed by atoms with Gasteiger partial charge in [0, 0.05) is 5.56 Å². The van der Waals surface area contributed by atoms with Gasteiger partial charge in [0.25, 0.3) is 0 Å². The second-order valence-corrected chi connectivity index (χ2v) is 10.2. The van der Waals surface area contributed by atoms with Crippen molar-refractivity contribution in [3.8, 4) is 0 Å². The van der Waals surface area contributed by atoms with Crippen molar-refractivity contribution in [3.05, 3.63) is 53.8 Å². The van der Waals surface area contributed by atoms with Crippen LogP contribution in [-0.2, 0) is 0 Å². The van der Waals surface area contributed by atoms with E-state index in [0.29, 0.717) is 0 Å². The lowest BCUT2D eigenvalue weighted by Crippen LogP contribution is -2.37. The maximum absolute atomic E-state index is 5.63. The third kappa shape index (κ3) is 2.98. The van der Waals surface area contributed by atoms with Crippen LogP contribution in [0.2, 0.25) is 19.6 Å². The van der Waals surface area contributed by atoms with Crippen LogP contribution >= 0.6 is 0 Å². The van der Waals surface area contributed by atoms with Crippen LogP contribution in [0.5, 0.6) is 0 Å². The highest BCUT2D eigenvalue weighted by Gasteiger charge is 2.22. The molecule has 0 unspecified atom stereocenters. The normalized spacial score (nSPS) is 12.2. The molecule has 0 aliphatic rings. The lowest BCUT2D eigenvalue weighted by Gasteiger charge is -2.13. The fourth-order valence-corrected chi connectivity index (χ4v) is 3.26. The van der Waals surface area contributed by atoms with Gasteiger partial charge in [0.05, 0.1) is 11.6 Å². The maximum atomic E-state index is 5.63. The third-order valence-corrected chi connectivity index (χ3v) is 4.40. The number of hydrogen-bond acceptors (Lipinski definition) is 1. The van der Waals surface area contributed by atoms with Crippen LogP contribution in [0.4, 0.5) is 0 Å². The summed E-state index contributed by atoms with van der Waals surface area (Å²) in [6.45, 7) is 6.89. The van der Waals surface area contributed by atoms with Crippen molar-refractivity contribution >= 4 is 25.6 Å². The molecule has 1 aromatic heterocycles. The number of hydrogen-bond donors (Lipinski definition) is 0. The molecule has 2 heteroatoms. The van der Waals surface area contributed by atoms with Crippen molar-refractivity contribution in [2.45, 2.75) is 19.6 Å². The van der Waals surface area contributed by atoms with Gasteiger partial charge in [0.2, 0.25) is 0 Å². The van der Waals surface area contributed by atoms with Crippen LogP contribution in [0.15, 0.2) is 47.1 Å². The highest BCUT2D eigenvalue weighted by Crippen LogP contribution is 2.12. The summed E-state index contributed by atoms with van der Waals surface area (Å²) in [5.41, 5.74) is 2.43. The van der Waals surface area contributed by atoms with Crippen LogP contribution in [0, 0.1) is 0 Å². The smallest absolute Gasteiger partial charge is 0.124 e. The van der Waals surface area contributed by atoms with E-state index >= 15 is 0 Å². The average Bonchev–Trinajstić information content (AvgIpc) is 2.75. The van der Waals surface area contributed by atoms with Gasteiger partial charge in [-0.15, -0.1) is 0 Å². The molecule has 0 radical (unpaired) electrons. The van der Waals surface area contributed by atoms with E-state index in [-0.39, 0.29) is 0 Å². The lowest BCUT2D eigenvalue weighted by molar-refractivity contribution is 0.597. The molecule has 0 aliphatic carbocycles. The van der Waals surface area contributed by atoms with E-state index < -0.39 is 8.07 Å². The fraction of sp³-hybridized carbons (Fsp3) is 0.200. The van der Waals surface area contributed by atoms with E-state index in [4.69, 9.17) is 4.42 Å². The Morgan fingerprint density at radius 2 is 1.65 bits per heavy atom. The maximum Gasteiger partial charge on any atom is 0.124 e. The predicted molar refractivity (Wildman–Crippen MR) is 77.1 cm³/mol. The molecule has 0 atom stereocenters. The van der Waals surface area contributed by atoms with Gasteiger partial charge in [-0.1, -0.05) is 62.1 Å². The first-order valence-corrected chi connectivity index (χ1v) is 9.38. The molecule has 0 saturated carbocycles. The molecule has 0 aliphatic heterocycles. The molecule has 0 N–H and O–H groups in total. The Labute approximate surface area is 104 Å². The largest absolute Gasteiger partial charge is 0.474 e. The number of furan rings is 1. The van der Waals surface area contributed by atoms with Gasteiger partial charge in [0.1, 0.15) is 8.07 Å². The van der Waals surface area contributed by atoms with Gasteiger partial charge in [-0.3, -0.25) is 0 Å². The summed E-state index contributed by atoms with van der Waals surface area (Å²) in [7, 11) is -1.38. The lowest BCUT2D eigenvalue weighted by atomic mass is 10.2. The van der Waals surface area contributed by atoms with E-state index in [1.54, 1.807) is 6.26 Å². The number of rotatable bonds is 3.